The van der Waals surface area contributed by atoms with Gasteiger partial charge in [0, 0.05) is 25.1 Å². The molecule has 1 aromatic heterocycles. The van der Waals surface area contributed by atoms with Crippen LogP contribution in [0.4, 0.5) is 5.82 Å². The normalized spacial score (nSPS) is 15.0. The molecule has 0 spiro atoms. The van der Waals surface area contributed by atoms with Gasteiger partial charge in [0.2, 0.25) is 0 Å². The van der Waals surface area contributed by atoms with Crippen molar-refractivity contribution in [2.45, 2.75) is 31.3 Å². The number of hydrogen-bond donors (Lipinski definition) is 2. The fraction of sp³-hybridized carbons (Fsp3) is 0.269. The first-order valence-electron chi connectivity index (χ1n) is 10.7. The molecule has 3 aromatic rings. The zero-order chi connectivity index (χ0) is 22.4. The summed E-state index contributed by atoms with van der Waals surface area (Å²) in [6.45, 7) is 1.46. The van der Waals surface area contributed by atoms with E-state index in [1.54, 1.807) is 24.3 Å². The largest absolute Gasteiger partial charge is 0.481 e. The Bertz CT molecular complexity index is 1110. The summed E-state index contributed by atoms with van der Waals surface area (Å²) < 4.78 is 0. The van der Waals surface area contributed by atoms with E-state index in [1.807, 2.05) is 30.3 Å². The standard InChI is InChI=1S/C26H25N3O3/c30-25(31)18-21-8-6-20(7-9-21)10-11-23-12-13-24(28-27-23)29-16-14-26(32,15-17-29)19-22-4-2-1-3-5-22/h1-9,12-13,32H,14-19H2,(H,30,31). The minimum atomic E-state index is -0.853. The third kappa shape index (κ3) is 5.71. The second-order valence-electron chi connectivity index (χ2n) is 8.17. The Morgan fingerprint density at radius 3 is 2.25 bits per heavy atom. The highest BCUT2D eigenvalue weighted by Crippen LogP contribution is 2.28. The Kier molecular flexibility index (Phi) is 6.48. The van der Waals surface area contributed by atoms with Gasteiger partial charge in [-0.1, -0.05) is 48.4 Å². The molecule has 0 aliphatic carbocycles. The predicted octanol–water partition coefficient (Wildman–Crippen LogP) is 3.08. The molecular formula is C26H25N3O3. The summed E-state index contributed by atoms with van der Waals surface area (Å²) in [7, 11) is 0. The van der Waals surface area contributed by atoms with Gasteiger partial charge in [0.1, 0.15) is 5.69 Å². The minimum Gasteiger partial charge on any atom is -0.481 e. The maximum Gasteiger partial charge on any atom is 0.307 e. The number of aromatic nitrogens is 2. The van der Waals surface area contributed by atoms with Gasteiger partial charge < -0.3 is 15.1 Å². The zero-order valence-corrected chi connectivity index (χ0v) is 17.7. The molecule has 1 aliphatic rings. The summed E-state index contributed by atoms with van der Waals surface area (Å²) in [5.41, 5.74) is 2.57. The summed E-state index contributed by atoms with van der Waals surface area (Å²) in [5.74, 6) is 5.96. The first-order valence-corrected chi connectivity index (χ1v) is 10.7. The molecule has 0 saturated carbocycles. The van der Waals surface area contributed by atoms with Crippen molar-refractivity contribution in [3.05, 3.63) is 89.1 Å². The summed E-state index contributed by atoms with van der Waals surface area (Å²) >= 11 is 0. The number of aliphatic hydroxyl groups is 1. The summed E-state index contributed by atoms with van der Waals surface area (Å²) in [6.07, 6.45) is 2.03. The monoisotopic (exact) mass is 427 g/mol. The van der Waals surface area contributed by atoms with Crippen LogP contribution in [0.2, 0.25) is 0 Å². The van der Waals surface area contributed by atoms with E-state index in [-0.39, 0.29) is 6.42 Å². The van der Waals surface area contributed by atoms with E-state index >= 15 is 0 Å². The highest BCUT2D eigenvalue weighted by atomic mass is 16.4. The van der Waals surface area contributed by atoms with Crippen LogP contribution in [0.5, 0.6) is 0 Å². The zero-order valence-electron chi connectivity index (χ0n) is 17.7. The Morgan fingerprint density at radius 2 is 1.62 bits per heavy atom. The SMILES string of the molecule is O=C(O)Cc1ccc(C#Cc2ccc(N3CCC(O)(Cc4ccccc4)CC3)nn2)cc1. The van der Waals surface area contributed by atoms with Gasteiger partial charge in [0.15, 0.2) is 5.82 Å². The van der Waals surface area contributed by atoms with Crippen LogP contribution < -0.4 is 4.90 Å². The van der Waals surface area contributed by atoms with Crippen LogP contribution in [0.25, 0.3) is 0 Å². The topological polar surface area (TPSA) is 86.5 Å². The second kappa shape index (κ2) is 9.63. The second-order valence-corrected chi connectivity index (χ2v) is 8.17. The van der Waals surface area contributed by atoms with Crippen molar-refractivity contribution in [1.29, 1.82) is 0 Å². The van der Waals surface area contributed by atoms with E-state index in [9.17, 15) is 9.90 Å². The Labute approximate surface area is 187 Å². The molecule has 6 nitrogen and oxygen atoms in total. The highest BCUT2D eigenvalue weighted by molar-refractivity contribution is 5.70. The lowest BCUT2D eigenvalue weighted by Gasteiger charge is -2.38. The molecule has 0 unspecified atom stereocenters. The van der Waals surface area contributed by atoms with Crippen LogP contribution >= 0.6 is 0 Å². The molecule has 2 aromatic carbocycles. The van der Waals surface area contributed by atoms with Gasteiger partial charge >= 0.3 is 5.97 Å². The molecule has 162 valence electrons. The third-order valence-corrected chi connectivity index (χ3v) is 5.69. The van der Waals surface area contributed by atoms with Crippen molar-refractivity contribution < 1.29 is 15.0 Å². The van der Waals surface area contributed by atoms with Crippen LogP contribution in [0.1, 0.15) is 35.2 Å². The van der Waals surface area contributed by atoms with E-state index in [0.717, 1.165) is 35.6 Å². The van der Waals surface area contributed by atoms with Crippen molar-refractivity contribution in [3.8, 4) is 11.8 Å². The molecule has 1 aliphatic heterocycles. The number of carbonyl (C=O) groups is 1. The van der Waals surface area contributed by atoms with Crippen LogP contribution in [0.15, 0.2) is 66.7 Å². The Balaban J connectivity index is 1.34. The van der Waals surface area contributed by atoms with Gasteiger partial charge in [-0.25, -0.2) is 0 Å². The van der Waals surface area contributed by atoms with Crippen molar-refractivity contribution >= 4 is 11.8 Å². The molecule has 0 amide bonds. The average molecular weight is 428 g/mol. The molecule has 0 bridgehead atoms. The Hall–Kier alpha value is -3.69. The molecule has 4 rings (SSSR count). The van der Waals surface area contributed by atoms with E-state index in [2.05, 4.69) is 39.1 Å². The van der Waals surface area contributed by atoms with E-state index in [1.165, 1.54) is 0 Å². The maximum absolute atomic E-state index is 11.0. The highest BCUT2D eigenvalue weighted by Gasteiger charge is 2.32. The molecule has 1 saturated heterocycles. The maximum atomic E-state index is 11.0. The van der Waals surface area contributed by atoms with Gasteiger partial charge in [-0.05, 0) is 54.2 Å². The number of piperidine rings is 1. The number of anilines is 1. The quantitative estimate of drug-likeness (QED) is 0.609. The fourth-order valence-electron chi connectivity index (χ4n) is 3.88. The van der Waals surface area contributed by atoms with Crippen molar-refractivity contribution in [2.24, 2.45) is 0 Å². The molecule has 2 heterocycles. The molecular weight excluding hydrogens is 402 g/mol. The molecule has 0 radical (unpaired) electrons. The minimum absolute atomic E-state index is 0.000796. The molecule has 1 fully saturated rings. The van der Waals surface area contributed by atoms with Crippen LogP contribution in [0.3, 0.4) is 0 Å². The molecule has 6 heteroatoms. The first-order chi connectivity index (χ1) is 15.5. The third-order valence-electron chi connectivity index (χ3n) is 5.69. The molecule has 2 N–H and O–H groups in total. The lowest BCUT2D eigenvalue weighted by Crippen LogP contribution is -2.46. The van der Waals surface area contributed by atoms with Gasteiger partial charge in [-0.15, -0.1) is 10.2 Å². The first kappa shape index (κ1) is 21.5. The number of carboxylic acids is 1. The van der Waals surface area contributed by atoms with Gasteiger partial charge in [0.25, 0.3) is 0 Å². The summed E-state index contributed by atoms with van der Waals surface area (Å²) in [5, 5.41) is 28.3. The number of benzene rings is 2. The lowest BCUT2D eigenvalue weighted by molar-refractivity contribution is -0.136. The average Bonchev–Trinajstić information content (AvgIpc) is 2.80. The van der Waals surface area contributed by atoms with Gasteiger partial charge in [0.05, 0.1) is 12.0 Å². The van der Waals surface area contributed by atoms with E-state index in [0.29, 0.717) is 25.0 Å². The number of aliphatic carboxylic acids is 1. The smallest absolute Gasteiger partial charge is 0.307 e. The van der Waals surface area contributed by atoms with Crippen molar-refractivity contribution in [3.63, 3.8) is 0 Å². The van der Waals surface area contributed by atoms with Crippen LogP contribution in [-0.2, 0) is 17.6 Å². The van der Waals surface area contributed by atoms with Crippen molar-refractivity contribution in [2.75, 3.05) is 18.0 Å². The Morgan fingerprint density at radius 1 is 0.906 bits per heavy atom. The molecule has 32 heavy (non-hydrogen) atoms. The van der Waals surface area contributed by atoms with Crippen LogP contribution in [0, 0.1) is 11.8 Å². The number of carboxylic acid groups (broad SMARTS) is 1. The van der Waals surface area contributed by atoms with Gasteiger partial charge in [-0.2, -0.15) is 0 Å². The number of rotatable bonds is 5. The predicted molar refractivity (Wildman–Crippen MR) is 122 cm³/mol. The molecule has 0 atom stereocenters. The van der Waals surface area contributed by atoms with E-state index < -0.39 is 11.6 Å². The summed E-state index contributed by atoms with van der Waals surface area (Å²) in [6, 6.07) is 21.0. The van der Waals surface area contributed by atoms with E-state index in [4.69, 9.17) is 5.11 Å². The van der Waals surface area contributed by atoms with Crippen LogP contribution in [-0.4, -0.2) is 45.1 Å². The number of nitrogens with zero attached hydrogens (tertiary/aromatic N) is 3. The fourth-order valence-corrected chi connectivity index (χ4v) is 3.88. The van der Waals surface area contributed by atoms with Gasteiger partial charge in [-0.3, -0.25) is 4.79 Å². The lowest BCUT2D eigenvalue weighted by atomic mass is 9.85. The summed E-state index contributed by atoms with van der Waals surface area (Å²) in [4.78, 5) is 12.9. The van der Waals surface area contributed by atoms with Crippen molar-refractivity contribution in [1.82, 2.24) is 10.2 Å². The number of hydrogen-bond acceptors (Lipinski definition) is 5.